The first kappa shape index (κ1) is 22.5. The molecule has 0 spiro atoms. The monoisotopic (exact) mass is 414 g/mol. The highest BCUT2D eigenvalue weighted by atomic mass is 16.3. The Morgan fingerprint density at radius 3 is 2.40 bits per heavy atom. The smallest absolute Gasteiger partial charge is 0.290 e. The fourth-order valence-electron chi connectivity index (χ4n) is 2.63. The average molecular weight is 414 g/mol. The molecule has 1 unspecified atom stereocenters. The number of nitrogens with zero attached hydrogens (tertiary/aromatic N) is 3. The summed E-state index contributed by atoms with van der Waals surface area (Å²) in [7, 11) is 4.43. The van der Waals surface area contributed by atoms with Gasteiger partial charge in [0.25, 0.3) is 17.0 Å². The summed E-state index contributed by atoms with van der Waals surface area (Å²) in [6, 6.07) is 4.35. The van der Waals surface area contributed by atoms with Crippen LogP contribution in [-0.4, -0.2) is 45.8 Å². The van der Waals surface area contributed by atoms with Gasteiger partial charge in [-0.2, -0.15) is 5.26 Å². The van der Waals surface area contributed by atoms with Crippen LogP contribution >= 0.6 is 0 Å². The quantitative estimate of drug-likeness (QED) is 0.525. The minimum Gasteiger partial charge on any atom is -0.505 e. The fraction of sp³-hybridized carbons (Fsp3) is 0.400. The van der Waals surface area contributed by atoms with E-state index < -0.39 is 22.8 Å². The van der Waals surface area contributed by atoms with Gasteiger partial charge >= 0.3 is 0 Å². The lowest BCUT2D eigenvalue weighted by atomic mass is 10.1. The summed E-state index contributed by atoms with van der Waals surface area (Å²) >= 11 is 0. The van der Waals surface area contributed by atoms with Gasteiger partial charge in [0.05, 0.1) is 22.9 Å². The first-order valence-corrected chi connectivity index (χ1v) is 9.33. The molecule has 160 valence electrons. The van der Waals surface area contributed by atoms with Crippen molar-refractivity contribution in [3.63, 3.8) is 0 Å². The molecule has 0 saturated heterocycles. The number of aromatic amines is 1. The molecule has 0 bridgehead atoms. The van der Waals surface area contributed by atoms with E-state index in [9.17, 15) is 24.8 Å². The standard InChI is InChI=1S/C20H26N6O4/c1-10(2)11(3)22-16-15(18(28)24-26(6)20(16)30)23-14-8-12(9-21)7-13(17(14)27)19(29)25(4)5/h7-8,10-11,22-23,27H,1-6H3,(H,24,28). The van der Waals surface area contributed by atoms with Crippen LogP contribution in [0, 0.1) is 17.2 Å². The average Bonchev–Trinajstić information content (AvgIpc) is 2.68. The Labute approximate surface area is 173 Å². The topological polar surface area (TPSA) is 143 Å². The van der Waals surface area contributed by atoms with Crippen molar-refractivity contribution in [2.24, 2.45) is 13.0 Å². The van der Waals surface area contributed by atoms with E-state index in [1.807, 2.05) is 26.8 Å². The zero-order valence-electron chi connectivity index (χ0n) is 17.8. The van der Waals surface area contributed by atoms with Crippen molar-refractivity contribution in [1.82, 2.24) is 14.7 Å². The number of amides is 1. The molecule has 10 nitrogen and oxygen atoms in total. The Hall–Kier alpha value is -3.74. The van der Waals surface area contributed by atoms with Crippen LogP contribution < -0.4 is 21.8 Å². The van der Waals surface area contributed by atoms with Crippen molar-refractivity contribution in [2.75, 3.05) is 24.7 Å². The molecule has 0 fully saturated rings. The molecule has 2 rings (SSSR count). The van der Waals surface area contributed by atoms with E-state index in [4.69, 9.17) is 0 Å². The number of carbonyl (C=O) groups excluding carboxylic acids is 1. The zero-order valence-corrected chi connectivity index (χ0v) is 17.8. The summed E-state index contributed by atoms with van der Waals surface area (Å²) in [6.07, 6.45) is 0. The summed E-state index contributed by atoms with van der Waals surface area (Å²) < 4.78 is 1.05. The van der Waals surface area contributed by atoms with E-state index >= 15 is 0 Å². The highest BCUT2D eigenvalue weighted by Gasteiger charge is 2.22. The number of hydrogen-bond donors (Lipinski definition) is 4. The SMILES string of the molecule is CC(C)C(C)Nc1c(Nc2cc(C#N)cc(C(=O)N(C)C)c2O)c(=O)[nH]n(C)c1=O. The first-order chi connectivity index (χ1) is 14.0. The van der Waals surface area contributed by atoms with E-state index in [-0.39, 0.29) is 40.1 Å². The van der Waals surface area contributed by atoms with Gasteiger partial charge in [-0.15, -0.1) is 0 Å². The van der Waals surface area contributed by atoms with Crippen LogP contribution in [0.2, 0.25) is 0 Å². The number of phenolic OH excluding ortho intramolecular Hbond substituents is 1. The van der Waals surface area contributed by atoms with Crippen molar-refractivity contribution in [3.8, 4) is 11.8 Å². The van der Waals surface area contributed by atoms with E-state index in [2.05, 4.69) is 15.7 Å². The van der Waals surface area contributed by atoms with Gasteiger partial charge in [-0.3, -0.25) is 24.2 Å². The van der Waals surface area contributed by atoms with Crippen LogP contribution in [0.1, 0.15) is 36.7 Å². The number of phenols is 1. The number of anilines is 3. The second kappa shape index (κ2) is 8.73. The van der Waals surface area contributed by atoms with E-state index in [1.54, 1.807) is 0 Å². The lowest BCUT2D eigenvalue weighted by Gasteiger charge is -2.21. The number of rotatable bonds is 6. The van der Waals surface area contributed by atoms with Crippen LogP contribution in [0.5, 0.6) is 5.75 Å². The summed E-state index contributed by atoms with van der Waals surface area (Å²) in [6.45, 7) is 5.80. The number of hydrogen-bond acceptors (Lipinski definition) is 7. The summed E-state index contributed by atoms with van der Waals surface area (Å²) in [5.74, 6) is -0.783. The maximum absolute atomic E-state index is 12.7. The third-order valence-corrected chi connectivity index (χ3v) is 4.77. The Bertz CT molecular complexity index is 1120. The molecule has 4 N–H and O–H groups in total. The van der Waals surface area contributed by atoms with Crippen molar-refractivity contribution < 1.29 is 9.90 Å². The molecule has 1 atom stereocenters. The molecule has 1 amide bonds. The van der Waals surface area contributed by atoms with Crippen molar-refractivity contribution in [2.45, 2.75) is 26.8 Å². The molecule has 10 heteroatoms. The number of aromatic nitrogens is 2. The van der Waals surface area contributed by atoms with Crippen LogP contribution in [0.4, 0.5) is 17.1 Å². The second-order valence-corrected chi connectivity index (χ2v) is 7.59. The molecular formula is C20H26N6O4. The Morgan fingerprint density at radius 1 is 1.23 bits per heavy atom. The predicted molar refractivity (Wildman–Crippen MR) is 114 cm³/mol. The fourth-order valence-corrected chi connectivity index (χ4v) is 2.63. The van der Waals surface area contributed by atoms with Gasteiger partial charge in [0.1, 0.15) is 11.4 Å². The molecule has 0 aliphatic rings. The van der Waals surface area contributed by atoms with E-state index in [0.717, 1.165) is 4.68 Å². The van der Waals surface area contributed by atoms with Gasteiger partial charge in [-0.25, -0.2) is 0 Å². The van der Waals surface area contributed by atoms with Gasteiger partial charge in [-0.1, -0.05) is 13.8 Å². The number of aromatic hydroxyl groups is 1. The summed E-state index contributed by atoms with van der Waals surface area (Å²) in [5.41, 5.74) is -1.25. The number of H-pyrrole nitrogens is 1. The van der Waals surface area contributed by atoms with E-state index in [1.165, 1.54) is 38.2 Å². The number of aryl methyl sites for hydroxylation is 1. The van der Waals surface area contributed by atoms with Crippen LogP contribution in [0.15, 0.2) is 21.7 Å². The molecular weight excluding hydrogens is 388 g/mol. The number of nitriles is 1. The molecule has 2 aromatic rings. The first-order valence-electron chi connectivity index (χ1n) is 9.33. The van der Waals surface area contributed by atoms with Crippen LogP contribution in [-0.2, 0) is 7.05 Å². The van der Waals surface area contributed by atoms with Crippen molar-refractivity contribution in [1.29, 1.82) is 5.26 Å². The molecule has 1 aromatic carbocycles. The maximum Gasteiger partial charge on any atom is 0.290 e. The van der Waals surface area contributed by atoms with Crippen molar-refractivity contribution in [3.05, 3.63) is 44.0 Å². The molecule has 0 aliphatic heterocycles. The number of benzene rings is 1. The lowest BCUT2D eigenvalue weighted by molar-refractivity contribution is 0.0824. The number of carbonyl (C=O) groups is 1. The summed E-state index contributed by atoms with van der Waals surface area (Å²) in [5, 5.41) is 28.1. The largest absolute Gasteiger partial charge is 0.505 e. The minimum atomic E-state index is -0.613. The Kier molecular flexibility index (Phi) is 6.56. The Balaban J connectivity index is 2.68. The summed E-state index contributed by atoms with van der Waals surface area (Å²) in [4.78, 5) is 38.9. The molecule has 1 aromatic heterocycles. The molecule has 30 heavy (non-hydrogen) atoms. The van der Waals surface area contributed by atoms with Crippen LogP contribution in [0.3, 0.4) is 0 Å². The normalized spacial score (nSPS) is 11.7. The number of nitrogens with one attached hydrogen (secondary N) is 3. The van der Waals surface area contributed by atoms with Crippen LogP contribution in [0.25, 0.3) is 0 Å². The molecule has 0 aliphatic carbocycles. The maximum atomic E-state index is 12.7. The van der Waals surface area contributed by atoms with Gasteiger partial charge in [0, 0.05) is 27.2 Å². The van der Waals surface area contributed by atoms with E-state index in [0.29, 0.717) is 0 Å². The second-order valence-electron chi connectivity index (χ2n) is 7.59. The molecule has 1 heterocycles. The third-order valence-electron chi connectivity index (χ3n) is 4.77. The zero-order chi connectivity index (χ0) is 22.7. The predicted octanol–water partition coefficient (Wildman–Crippen LogP) is 1.55. The van der Waals surface area contributed by atoms with Crippen molar-refractivity contribution >= 4 is 23.0 Å². The Morgan fingerprint density at radius 2 is 1.87 bits per heavy atom. The van der Waals surface area contributed by atoms with Gasteiger partial charge < -0.3 is 20.6 Å². The highest BCUT2D eigenvalue weighted by molar-refractivity contribution is 5.99. The highest BCUT2D eigenvalue weighted by Crippen LogP contribution is 2.33. The lowest BCUT2D eigenvalue weighted by Crippen LogP contribution is -2.35. The van der Waals surface area contributed by atoms with Gasteiger partial charge in [-0.05, 0) is 25.0 Å². The molecule has 0 saturated carbocycles. The van der Waals surface area contributed by atoms with Gasteiger partial charge in [0.15, 0.2) is 5.75 Å². The third kappa shape index (κ3) is 4.46. The van der Waals surface area contributed by atoms with Gasteiger partial charge in [0.2, 0.25) is 0 Å². The molecule has 0 radical (unpaired) electrons. The minimum absolute atomic E-state index is 0.0182.